The minimum absolute atomic E-state index is 0.00294. The lowest BCUT2D eigenvalue weighted by molar-refractivity contribution is -0.142. The lowest BCUT2D eigenvalue weighted by Gasteiger charge is -2.23. The predicted molar refractivity (Wildman–Crippen MR) is 291 cm³/mol. The number of carboxylic acid groups (broad SMARTS) is 2. The zero-order chi connectivity index (χ0) is 61.1. The molecule has 0 radical (unpaired) electrons. The first kappa shape index (κ1) is 73.5. The largest absolute Gasteiger partial charge is 0.480 e. The summed E-state index contributed by atoms with van der Waals surface area (Å²) in [6.07, 6.45) is 3.88. The van der Waals surface area contributed by atoms with Gasteiger partial charge in [-0.3, -0.25) is 57.6 Å². The number of allylic oxidation sites excluding steroid dienone is 1. The zero-order valence-electron chi connectivity index (χ0n) is 48.2. The van der Waals surface area contributed by atoms with E-state index in [0.717, 1.165) is 4.90 Å². The molecule has 4 atom stereocenters. The topological polar surface area (TPSA) is 390 Å². The van der Waals surface area contributed by atoms with Crippen LogP contribution in [-0.2, 0) is 90.6 Å². The number of nitrogens with zero attached hydrogens (tertiary/aromatic N) is 1. The van der Waals surface area contributed by atoms with E-state index in [4.69, 9.17) is 48.1 Å². The molecule has 9 N–H and O–H groups in total. The second-order valence-corrected chi connectivity index (χ2v) is 19.0. The van der Waals surface area contributed by atoms with E-state index in [-0.39, 0.29) is 187 Å². The van der Waals surface area contributed by atoms with Gasteiger partial charge in [0.2, 0.25) is 35.4 Å². The van der Waals surface area contributed by atoms with Crippen LogP contribution in [-0.4, -0.2) is 230 Å². The second kappa shape index (κ2) is 45.1. The smallest absolute Gasteiger partial charge is 0.325 e. The van der Waals surface area contributed by atoms with Crippen molar-refractivity contribution in [2.75, 3.05) is 125 Å². The number of amides is 9. The van der Waals surface area contributed by atoms with Gasteiger partial charge < -0.3 is 85.3 Å². The molecular weight excluding hydrogens is 1080 g/mol. The Bertz CT molecular complexity index is 2050. The van der Waals surface area contributed by atoms with Crippen molar-refractivity contribution in [2.24, 2.45) is 5.92 Å². The molecular formula is C53H88N8O21. The Balaban J connectivity index is 2.29. The molecule has 0 unspecified atom stereocenters. The molecule has 0 aromatic heterocycles. The standard InChI is InChI=1S/C53H88N8O21/c1-36(2)47(50(69)56-38(5)52(71)72)59-43(64)15-20-75-24-28-79-32-34-81-30-26-77-22-17-54-41(62)12-11-40(58-42(63)10-8-7-9-19-61-45(66)13-14-46(61)67)49(68)55-18-23-78-27-31-82-35-33-80-29-25-76-21-16-44(65)60-48(37(3)4)51(70)57-39(6)53(73)74/h13-14,36,38-40,47H,7-12,15-35H2,1-6H3,(H,54,62)(H,55,68)(H,56,69)(H,57,70)(H,58,63)(H,59,64)(H,60,65)(H,71,72)(H,73,74)/t38-,39-,40-,47-/m0/s1. The highest BCUT2D eigenvalue weighted by molar-refractivity contribution is 6.12. The molecule has 1 aliphatic heterocycles. The van der Waals surface area contributed by atoms with Gasteiger partial charge in [0.25, 0.3) is 17.7 Å². The molecule has 82 heavy (non-hydrogen) atoms. The van der Waals surface area contributed by atoms with Crippen molar-refractivity contribution in [1.29, 1.82) is 0 Å². The van der Waals surface area contributed by atoms with E-state index < -0.39 is 71.5 Å². The highest BCUT2D eigenvalue weighted by Gasteiger charge is 2.28. The maximum atomic E-state index is 13.2. The fourth-order valence-corrected chi connectivity index (χ4v) is 6.86. The van der Waals surface area contributed by atoms with Gasteiger partial charge in [0.1, 0.15) is 29.9 Å². The summed E-state index contributed by atoms with van der Waals surface area (Å²) >= 11 is 0. The monoisotopic (exact) mass is 1170 g/mol. The predicted octanol–water partition coefficient (Wildman–Crippen LogP) is -1.39. The van der Waals surface area contributed by atoms with Crippen molar-refractivity contribution in [2.45, 2.75) is 117 Å². The van der Waals surface area contributed by atoms with Gasteiger partial charge in [-0.1, -0.05) is 20.3 Å². The lowest BCUT2D eigenvalue weighted by Crippen LogP contribution is -2.53. The second-order valence-electron chi connectivity index (χ2n) is 19.0. The maximum absolute atomic E-state index is 13.2. The van der Waals surface area contributed by atoms with E-state index in [9.17, 15) is 52.7 Å². The number of imide groups is 1. The summed E-state index contributed by atoms with van der Waals surface area (Å²) in [4.78, 5) is 135. The molecule has 0 aromatic rings. The molecule has 9 amide bonds. The molecule has 0 spiro atoms. The Kier molecular flexibility index (Phi) is 40.4. The van der Waals surface area contributed by atoms with E-state index in [1.54, 1.807) is 27.7 Å². The number of carbonyl (C=O) groups is 11. The number of aliphatic carboxylic acids is 2. The highest BCUT2D eigenvalue weighted by Crippen LogP contribution is 2.09. The van der Waals surface area contributed by atoms with Gasteiger partial charge in [-0.05, 0) is 58.4 Å². The van der Waals surface area contributed by atoms with Crippen molar-refractivity contribution in [3.8, 4) is 0 Å². The van der Waals surface area contributed by atoms with Crippen LogP contribution in [0, 0.1) is 5.92 Å². The molecule has 29 heteroatoms. The summed E-state index contributed by atoms with van der Waals surface area (Å²) in [7, 11) is 0. The summed E-state index contributed by atoms with van der Waals surface area (Å²) in [5, 5.41) is 35.9. The number of unbranched alkanes of at least 4 members (excludes halogenated alkanes) is 2. The van der Waals surface area contributed by atoms with Crippen LogP contribution in [0.25, 0.3) is 0 Å². The fraction of sp³-hybridized carbons (Fsp3) is 0.717. The average molecular weight is 1170 g/mol. The number of nitrogens with one attached hydrogen (secondary N) is 7. The molecule has 1 aliphatic rings. The van der Waals surface area contributed by atoms with E-state index in [1.807, 2.05) is 0 Å². The minimum Gasteiger partial charge on any atom is -0.480 e. The Morgan fingerprint density at radius 3 is 1.39 bits per heavy atom. The molecule has 1 heterocycles. The third kappa shape index (κ3) is 36.1. The number of hydrogen-bond donors (Lipinski definition) is 9. The Morgan fingerprint density at radius 2 is 0.915 bits per heavy atom. The van der Waals surface area contributed by atoms with Gasteiger partial charge in [-0.15, -0.1) is 0 Å². The highest BCUT2D eigenvalue weighted by atomic mass is 16.6. The fourth-order valence-electron chi connectivity index (χ4n) is 6.86. The molecule has 466 valence electrons. The molecule has 1 rings (SSSR count). The van der Waals surface area contributed by atoms with Gasteiger partial charge in [0, 0.05) is 51.0 Å². The number of rotatable bonds is 50. The molecule has 0 saturated carbocycles. The maximum Gasteiger partial charge on any atom is 0.325 e. The van der Waals surface area contributed by atoms with Crippen LogP contribution in [0.15, 0.2) is 23.4 Å². The van der Waals surface area contributed by atoms with Gasteiger partial charge in [-0.2, -0.15) is 0 Å². The van der Waals surface area contributed by atoms with Crippen molar-refractivity contribution < 1.29 is 101 Å². The van der Waals surface area contributed by atoms with Gasteiger partial charge in [-0.25, -0.2) is 0 Å². The Morgan fingerprint density at radius 1 is 0.476 bits per heavy atom. The van der Waals surface area contributed by atoms with Crippen LogP contribution in [0.2, 0.25) is 0 Å². The van der Waals surface area contributed by atoms with Crippen LogP contribution in [0.5, 0.6) is 0 Å². The zero-order valence-corrected chi connectivity index (χ0v) is 48.2. The van der Waals surface area contributed by atoms with Crippen LogP contribution < -0.4 is 37.2 Å². The number of ether oxygens (including phenoxy) is 8. The van der Waals surface area contributed by atoms with Crippen LogP contribution in [0.4, 0.5) is 0 Å². The van der Waals surface area contributed by atoms with Crippen molar-refractivity contribution in [3.63, 3.8) is 0 Å². The Labute approximate surface area is 478 Å². The molecule has 0 bridgehead atoms. The number of carbonyl (C=O) groups excluding carboxylic acids is 9. The average Bonchev–Trinajstić information content (AvgIpc) is 3.74. The first-order chi connectivity index (χ1) is 39.1. The number of carboxylic acids is 2. The molecule has 29 nitrogen and oxygen atoms in total. The van der Waals surface area contributed by atoms with Crippen LogP contribution >= 0.6 is 0 Å². The summed E-state index contributed by atoms with van der Waals surface area (Å²) in [6, 6.07) is -4.15. The van der Waals surface area contributed by atoms with Crippen molar-refractivity contribution in [3.05, 3.63) is 23.4 Å². The van der Waals surface area contributed by atoms with Gasteiger partial charge in [0.05, 0.1) is 112 Å². The normalized spacial score (nSPS) is 13.4. The number of hydrogen-bond acceptors (Lipinski definition) is 19. The molecule has 0 saturated heterocycles. The van der Waals surface area contributed by atoms with E-state index in [1.165, 1.54) is 26.0 Å². The minimum atomic E-state index is -1.21. The first-order valence-corrected chi connectivity index (χ1v) is 27.5. The van der Waals surface area contributed by atoms with E-state index >= 15 is 0 Å². The summed E-state index contributed by atoms with van der Waals surface area (Å²) in [6.45, 7) is 13.3. The third-order valence-corrected chi connectivity index (χ3v) is 11.5. The quantitative estimate of drug-likeness (QED) is 0.0192. The third-order valence-electron chi connectivity index (χ3n) is 11.5. The van der Waals surface area contributed by atoms with Gasteiger partial charge >= 0.3 is 11.9 Å². The van der Waals surface area contributed by atoms with E-state index in [2.05, 4.69) is 37.2 Å². The summed E-state index contributed by atoms with van der Waals surface area (Å²) < 4.78 is 43.8. The Hall–Kier alpha value is -6.47. The molecule has 0 fully saturated rings. The molecule has 0 aromatic carbocycles. The first-order valence-electron chi connectivity index (χ1n) is 27.5. The van der Waals surface area contributed by atoms with Crippen molar-refractivity contribution >= 4 is 65.1 Å². The summed E-state index contributed by atoms with van der Waals surface area (Å²) in [5.74, 6) is -6.87. The van der Waals surface area contributed by atoms with Crippen LogP contribution in [0.1, 0.15) is 92.9 Å². The van der Waals surface area contributed by atoms with Crippen molar-refractivity contribution in [1.82, 2.24) is 42.1 Å². The van der Waals surface area contributed by atoms with Gasteiger partial charge in [0.15, 0.2) is 0 Å². The lowest BCUT2D eigenvalue weighted by atomic mass is 10.0. The molecule has 0 aliphatic carbocycles. The van der Waals surface area contributed by atoms with E-state index in [0.29, 0.717) is 24.8 Å². The van der Waals surface area contributed by atoms with Crippen LogP contribution in [0.3, 0.4) is 0 Å². The SMILES string of the molecule is CC(C)=C(NC(=O)CCOCCOCCOCCOCCNC(=O)[C@H](CCC(=O)NCCOCCOCCOCCOCCC(=O)N[C@H](C(=O)N[C@@H](C)C(=O)O)C(C)C)NC(=O)CCCCCN1C(=O)C=CC1=O)C(=O)N[C@@H](C)C(=O)O. The summed E-state index contributed by atoms with van der Waals surface area (Å²) in [5.41, 5.74) is 0.475.